The smallest absolute Gasteiger partial charge is 0.165 e. The fourth-order valence-electron chi connectivity index (χ4n) is 3.38. The molecule has 3 rings (SSSR count). The van der Waals surface area contributed by atoms with E-state index in [9.17, 15) is 5.11 Å². The summed E-state index contributed by atoms with van der Waals surface area (Å²) >= 11 is 6.13. The van der Waals surface area contributed by atoms with E-state index < -0.39 is 0 Å². The first-order valence-corrected chi connectivity index (χ1v) is 10.2. The normalized spacial score (nSPS) is 12.2. The average Bonchev–Trinajstić information content (AvgIpc) is 2.68. The van der Waals surface area contributed by atoms with E-state index in [0.29, 0.717) is 34.7 Å². The molecule has 0 saturated heterocycles. The van der Waals surface area contributed by atoms with Gasteiger partial charge in [-0.1, -0.05) is 55.8 Å². The van der Waals surface area contributed by atoms with Crippen molar-refractivity contribution < 1.29 is 5.11 Å². The molecule has 0 bridgehead atoms. The lowest BCUT2D eigenvalue weighted by atomic mass is 10.0. The van der Waals surface area contributed by atoms with E-state index in [1.165, 1.54) is 0 Å². The van der Waals surface area contributed by atoms with Crippen molar-refractivity contribution in [2.75, 3.05) is 11.9 Å². The number of phenolic OH excluding ortho intramolecular Hbond substituents is 1. The Morgan fingerprint density at radius 3 is 2.52 bits per heavy atom. The molecule has 0 amide bonds. The lowest BCUT2D eigenvalue weighted by molar-refractivity contribution is 0.477. The summed E-state index contributed by atoms with van der Waals surface area (Å²) in [6, 6.07) is 14.9. The van der Waals surface area contributed by atoms with Crippen molar-refractivity contribution >= 4 is 17.4 Å². The molecule has 1 heterocycles. The standard InChI is InChI=1S/C23H27ClN4O/c1-14(2)11-18(25)13-26-23-21(16-7-5-4-6-8-16)15(3)27-22(28-23)19-12-17(24)9-10-20(19)29/h4-10,12,14,18,29H,11,13,25H2,1-3H3,(H,26,27,28). The van der Waals surface area contributed by atoms with Crippen LogP contribution in [0.2, 0.25) is 5.02 Å². The van der Waals surface area contributed by atoms with Gasteiger partial charge in [0.2, 0.25) is 0 Å². The molecule has 1 atom stereocenters. The van der Waals surface area contributed by atoms with Crippen LogP contribution < -0.4 is 11.1 Å². The van der Waals surface area contributed by atoms with Gasteiger partial charge in [-0.05, 0) is 43.0 Å². The number of nitrogens with two attached hydrogens (primary N) is 1. The zero-order valence-electron chi connectivity index (χ0n) is 17.0. The number of anilines is 1. The Labute approximate surface area is 177 Å². The molecule has 6 heteroatoms. The maximum Gasteiger partial charge on any atom is 0.165 e. The molecule has 0 aliphatic carbocycles. The number of benzene rings is 2. The first-order chi connectivity index (χ1) is 13.8. The van der Waals surface area contributed by atoms with Crippen LogP contribution in [-0.4, -0.2) is 27.7 Å². The molecule has 29 heavy (non-hydrogen) atoms. The molecule has 1 unspecified atom stereocenters. The van der Waals surface area contributed by atoms with E-state index in [1.807, 2.05) is 37.3 Å². The second kappa shape index (κ2) is 9.25. The number of halogens is 1. The van der Waals surface area contributed by atoms with Gasteiger partial charge in [0.1, 0.15) is 11.6 Å². The Morgan fingerprint density at radius 1 is 1.10 bits per heavy atom. The molecular formula is C23H27ClN4O. The monoisotopic (exact) mass is 410 g/mol. The summed E-state index contributed by atoms with van der Waals surface area (Å²) in [5, 5.41) is 14.2. The first kappa shape index (κ1) is 21.1. The van der Waals surface area contributed by atoms with Crippen LogP contribution in [0, 0.1) is 12.8 Å². The van der Waals surface area contributed by atoms with Gasteiger partial charge in [0.25, 0.3) is 0 Å². The van der Waals surface area contributed by atoms with E-state index in [4.69, 9.17) is 22.3 Å². The third-order valence-corrected chi connectivity index (χ3v) is 4.89. The van der Waals surface area contributed by atoms with Crippen molar-refractivity contribution in [2.24, 2.45) is 11.7 Å². The molecule has 5 nitrogen and oxygen atoms in total. The highest BCUT2D eigenvalue weighted by Crippen LogP contribution is 2.35. The maximum atomic E-state index is 10.3. The fourth-order valence-corrected chi connectivity index (χ4v) is 3.55. The number of hydrogen-bond acceptors (Lipinski definition) is 5. The van der Waals surface area contributed by atoms with Crippen molar-refractivity contribution in [1.82, 2.24) is 9.97 Å². The molecule has 2 aromatic carbocycles. The Bertz CT molecular complexity index is 976. The summed E-state index contributed by atoms with van der Waals surface area (Å²) in [6.45, 7) is 6.85. The van der Waals surface area contributed by atoms with Crippen LogP contribution in [0.25, 0.3) is 22.5 Å². The summed E-state index contributed by atoms with van der Waals surface area (Å²) in [5.74, 6) is 1.72. The van der Waals surface area contributed by atoms with Crippen molar-refractivity contribution in [3.05, 3.63) is 59.2 Å². The van der Waals surface area contributed by atoms with Gasteiger partial charge in [-0.25, -0.2) is 9.97 Å². The van der Waals surface area contributed by atoms with Crippen LogP contribution in [-0.2, 0) is 0 Å². The van der Waals surface area contributed by atoms with Crippen LogP contribution in [0.15, 0.2) is 48.5 Å². The number of nitrogens with one attached hydrogen (secondary N) is 1. The van der Waals surface area contributed by atoms with Gasteiger partial charge in [-0.3, -0.25) is 0 Å². The van der Waals surface area contributed by atoms with E-state index >= 15 is 0 Å². The molecule has 1 aromatic heterocycles. The lowest BCUT2D eigenvalue weighted by Crippen LogP contribution is -2.31. The zero-order valence-corrected chi connectivity index (χ0v) is 17.7. The highest BCUT2D eigenvalue weighted by molar-refractivity contribution is 6.30. The van der Waals surface area contributed by atoms with Gasteiger partial charge in [0.15, 0.2) is 5.82 Å². The van der Waals surface area contributed by atoms with Gasteiger partial charge >= 0.3 is 0 Å². The summed E-state index contributed by atoms with van der Waals surface area (Å²) < 4.78 is 0. The third kappa shape index (κ3) is 5.25. The largest absolute Gasteiger partial charge is 0.507 e. The minimum atomic E-state index is 0.0110. The van der Waals surface area contributed by atoms with E-state index in [1.54, 1.807) is 18.2 Å². The fraction of sp³-hybridized carbons (Fsp3) is 0.304. The van der Waals surface area contributed by atoms with E-state index in [2.05, 4.69) is 24.1 Å². The second-order valence-electron chi connectivity index (χ2n) is 7.65. The van der Waals surface area contributed by atoms with Crippen molar-refractivity contribution in [3.8, 4) is 28.3 Å². The summed E-state index contributed by atoms with van der Waals surface area (Å²) in [4.78, 5) is 9.39. The minimum Gasteiger partial charge on any atom is -0.507 e. The van der Waals surface area contributed by atoms with Gasteiger partial charge < -0.3 is 16.2 Å². The van der Waals surface area contributed by atoms with Crippen LogP contribution in [0.1, 0.15) is 26.0 Å². The Balaban J connectivity index is 2.06. The molecule has 3 aromatic rings. The van der Waals surface area contributed by atoms with Gasteiger partial charge in [0, 0.05) is 23.2 Å². The van der Waals surface area contributed by atoms with Crippen molar-refractivity contribution in [3.63, 3.8) is 0 Å². The molecule has 0 saturated carbocycles. The zero-order chi connectivity index (χ0) is 21.0. The average molecular weight is 411 g/mol. The predicted molar refractivity (Wildman–Crippen MR) is 120 cm³/mol. The molecular weight excluding hydrogens is 384 g/mol. The van der Waals surface area contributed by atoms with Gasteiger partial charge in [-0.2, -0.15) is 0 Å². The Hall–Kier alpha value is -2.63. The highest BCUT2D eigenvalue weighted by Gasteiger charge is 2.17. The summed E-state index contributed by atoms with van der Waals surface area (Å²) in [7, 11) is 0. The minimum absolute atomic E-state index is 0.0110. The molecule has 0 fully saturated rings. The van der Waals surface area contributed by atoms with Crippen molar-refractivity contribution in [1.29, 1.82) is 0 Å². The second-order valence-corrected chi connectivity index (χ2v) is 8.09. The Morgan fingerprint density at radius 2 is 1.83 bits per heavy atom. The number of aromatic hydroxyl groups is 1. The van der Waals surface area contributed by atoms with Gasteiger partial charge in [-0.15, -0.1) is 0 Å². The van der Waals surface area contributed by atoms with E-state index in [-0.39, 0.29) is 11.8 Å². The summed E-state index contributed by atoms with van der Waals surface area (Å²) in [6.07, 6.45) is 0.916. The number of nitrogens with zero attached hydrogens (tertiary/aromatic N) is 2. The number of aromatic nitrogens is 2. The number of rotatable bonds is 7. The highest BCUT2D eigenvalue weighted by atomic mass is 35.5. The topological polar surface area (TPSA) is 84.1 Å². The summed E-state index contributed by atoms with van der Waals surface area (Å²) in [5.41, 5.74) is 9.52. The third-order valence-electron chi connectivity index (χ3n) is 4.66. The number of phenols is 1. The molecule has 0 aliphatic heterocycles. The lowest BCUT2D eigenvalue weighted by Gasteiger charge is -2.19. The molecule has 0 radical (unpaired) electrons. The van der Waals surface area contributed by atoms with Crippen LogP contribution in [0.4, 0.5) is 5.82 Å². The first-order valence-electron chi connectivity index (χ1n) is 9.77. The number of aryl methyl sites for hydroxylation is 1. The predicted octanol–water partition coefficient (Wildman–Crippen LogP) is 5.26. The van der Waals surface area contributed by atoms with Crippen LogP contribution in [0.3, 0.4) is 0 Å². The van der Waals surface area contributed by atoms with Crippen LogP contribution >= 0.6 is 11.6 Å². The van der Waals surface area contributed by atoms with Gasteiger partial charge in [0.05, 0.1) is 11.3 Å². The van der Waals surface area contributed by atoms with E-state index in [0.717, 1.165) is 23.2 Å². The molecule has 152 valence electrons. The molecule has 4 N–H and O–H groups in total. The Kier molecular flexibility index (Phi) is 6.72. The van der Waals surface area contributed by atoms with Crippen LogP contribution in [0.5, 0.6) is 5.75 Å². The maximum absolute atomic E-state index is 10.3. The molecule has 0 spiro atoms. The van der Waals surface area contributed by atoms with Crippen molar-refractivity contribution in [2.45, 2.75) is 33.2 Å². The molecule has 0 aliphatic rings. The quantitative estimate of drug-likeness (QED) is 0.494. The SMILES string of the molecule is Cc1nc(-c2cc(Cl)ccc2O)nc(NCC(N)CC(C)C)c1-c1ccccc1. The number of hydrogen-bond donors (Lipinski definition) is 3.